The molecule has 4 heteroatoms. The molecular weight excluding hydrogens is 300 g/mol. The van der Waals surface area contributed by atoms with Gasteiger partial charge >= 0.3 is 0 Å². The molecule has 0 radical (unpaired) electrons. The Morgan fingerprint density at radius 2 is 1.96 bits per heavy atom. The summed E-state index contributed by atoms with van der Waals surface area (Å²) in [5, 5.41) is 1.24. The minimum absolute atomic E-state index is 0.0530. The Kier molecular flexibility index (Phi) is 5.07. The van der Waals surface area contributed by atoms with Crippen LogP contribution in [0.15, 0.2) is 35.5 Å². The molecule has 1 aromatic heterocycles. The lowest BCUT2D eigenvalue weighted by molar-refractivity contribution is -0.0517. The average Bonchev–Trinajstić information content (AvgIpc) is 3.16. The summed E-state index contributed by atoms with van der Waals surface area (Å²) in [7, 11) is 0. The molecule has 1 aromatic carbocycles. The van der Waals surface area contributed by atoms with Crippen LogP contribution in [0.2, 0.25) is 0 Å². The van der Waals surface area contributed by atoms with E-state index in [0.717, 1.165) is 19.4 Å². The Balaban J connectivity index is 1.89. The molecule has 0 N–H and O–H groups in total. The van der Waals surface area contributed by atoms with Gasteiger partial charge in [-0.1, -0.05) is 19.4 Å². The minimum atomic E-state index is -0.126. The van der Waals surface area contributed by atoms with E-state index in [0.29, 0.717) is 13.2 Å². The second-order valence-corrected chi connectivity index (χ2v) is 7.39. The highest BCUT2D eigenvalue weighted by Gasteiger charge is 2.17. The van der Waals surface area contributed by atoms with E-state index in [1.54, 1.807) is 0 Å². The molecule has 1 fully saturated rings. The number of rotatable bonds is 5. The van der Waals surface area contributed by atoms with Gasteiger partial charge in [-0.05, 0) is 51.0 Å². The van der Waals surface area contributed by atoms with Crippen LogP contribution in [0.5, 0.6) is 0 Å². The molecule has 0 unspecified atom stereocenters. The maximum absolute atomic E-state index is 5.56. The van der Waals surface area contributed by atoms with E-state index >= 15 is 0 Å². The van der Waals surface area contributed by atoms with Crippen LogP contribution in [0.4, 0.5) is 0 Å². The maximum Gasteiger partial charge on any atom is 0.175 e. The summed E-state index contributed by atoms with van der Waals surface area (Å²) in [6, 6.07) is 8.79. The van der Waals surface area contributed by atoms with E-state index in [1.165, 1.54) is 22.2 Å². The van der Waals surface area contributed by atoms with Gasteiger partial charge < -0.3 is 14.0 Å². The van der Waals surface area contributed by atoms with E-state index in [1.807, 2.05) is 0 Å². The van der Waals surface area contributed by atoms with E-state index in [-0.39, 0.29) is 11.8 Å². The number of ether oxygens (including phenoxy) is 2. The first-order valence-corrected chi connectivity index (χ1v) is 8.87. The van der Waals surface area contributed by atoms with Gasteiger partial charge in [0, 0.05) is 22.8 Å². The fourth-order valence-corrected chi connectivity index (χ4v) is 3.12. The number of hydrogen-bond acceptors (Lipinski definition) is 3. The second kappa shape index (κ2) is 7.08. The highest BCUT2D eigenvalue weighted by Crippen LogP contribution is 2.22. The second-order valence-electron chi connectivity index (χ2n) is 7.39. The van der Waals surface area contributed by atoms with Crippen molar-refractivity contribution in [3.8, 4) is 0 Å². The van der Waals surface area contributed by atoms with Crippen LogP contribution in [0, 0.1) is 0 Å². The number of benzene rings is 1. The highest BCUT2D eigenvalue weighted by atomic mass is 16.7. The summed E-state index contributed by atoms with van der Waals surface area (Å²) in [5.74, 6) is 0. The van der Waals surface area contributed by atoms with Gasteiger partial charge in [-0.15, -0.1) is 0 Å². The average molecular weight is 328 g/mol. The van der Waals surface area contributed by atoms with Gasteiger partial charge in [0.25, 0.3) is 0 Å². The Bertz CT molecular complexity index is 719. The maximum atomic E-state index is 5.56. The summed E-state index contributed by atoms with van der Waals surface area (Å²) in [4.78, 5) is 4.94. The largest absolute Gasteiger partial charge is 0.348 e. The van der Waals surface area contributed by atoms with Gasteiger partial charge in [0.2, 0.25) is 0 Å². The van der Waals surface area contributed by atoms with Gasteiger partial charge in [-0.2, -0.15) is 0 Å². The normalized spacial score (nSPS) is 17.1. The van der Waals surface area contributed by atoms with Gasteiger partial charge in [0.05, 0.1) is 25.3 Å². The Labute approximate surface area is 144 Å². The molecule has 2 aromatic rings. The zero-order valence-corrected chi connectivity index (χ0v) is 15.2. The van der Waals surface area contributed by atoms with Crippen LogP contribution >= 0.6 is 0 Å². The molecule has 3 rings (SSSR count). The molecule has 2 heterocycles. The number of fused-ring (bicyclic) bond motifs is 1. The number of nitrogens with zero attached hydrogens (tertiary/aromatic N) is 2. The molecule has 24 heavy (non-hydrogen) atoms. The first-order valence-electron chi connectivity index (χ1n) is 8.87. The minimum Gasteiger partial charge on any atom is -0.348 e. The summed E-state index contributed by atoms with van der Waals surface area (Å²) in [6.07, 6.45) is 4.09. The molecule has 0 aliphatic carbocycles. The fraction of sp³-hybridized carbons (Fsp3) is 0.550. The molecule has 1 aliphatic heterocycles. The van der Waals surface area contributed by atoms with Crippen LogP contribution in [0.1, 0.15) is 46.1 Å². The molecule has 0 bridgehead atoms. The fourth-order valence-electron chi connectivity index (χ4n) is 3.12. The molecule has 0 spiro atoms. The van der Waals surface area contributed by atoms with E-state index < -0.39 is 0 Å². The van der Waals surface area contributed by atoms with Crippen molar-refractivity contribution in [1.82, 2.24) is 4.57 Å². The van der Waals surface area contributed by atoms with E-state index in [4.69, 9.17) is 14.5 Å². The topological polar surface area (TPSA) is 35.8 Å². The smallest absolute Gasteiger partial charge is 0.175 e. The third-order valence-electron chi connectivity index (χ3n) is 4.10. The predicted octanol–water partition coefficient (Wildman–Crippen LogP) is 4.40. The first-order chi connectivity index (χ1) is 11.5. The monoisotopic (exact) mass is 328 g/mol. The van der Waals surface area contributed by atoms with Crippen LogP contribution in [0.25, 0.3) is 10.9 Å². The molecule has 130 valence electrons. The van der Waals surface area contributed by atoms with Crippen LogP contribution in [-0.4, -0.2) is 35.3 Å². The van der Waals surface area contributed by atoms with Crippen molar-refractivity contribution < 1.29 is 9.47 Å². The lowest BCUT2D eigenvalue weighted by Crippen LogP contribution is -2.16. The molecule has 0 saturated carbocycles. The SMILES string of the molecule is CCC/C(=N\C(C)(C)C)c1ccc2c(ccn2CC2OCCO2)c1. The van der Waals surface area contributed by atoms with Crippen molar-refractivity contribution in [2.75, 3.05) is 13.2 Å². The first kappa shape index (κ1) is 17.2. The molecule has 0 atom stereocenters. The van der Waals surface area contributed by atoms with Crippen molar-refractivity contribution in [1.29, 1.82) is 0 Å². The van der Waals surface area contributed by atoms with Gasteiger partial charge in [-0.3, -0.25) is 4.99 Å². The van der Waals surface area contributed by atoms with Crippen molar-refractivity contribution in [2.45, 2.75) is 58.9 Å². The van der Waals surface area contributed by atoms with Crippen molar-refractivity contribution in [2.24, 2.45) is 4.99 Å². The Morgan fingerprint density at radius 3 is 2.62 bits per heavy atom. The summed E-state index contributed by atoms with van der Waals surface area (Å²) >= 11 is 0. The van der Waals surface area contributed by atoms with Crippen LogP contribution in [0.3, 0.4) is 0 Å². The molecule has 1 aliphatic rings. The predicted molar refractivity (Wildman–Crippen MR) is 98.8 cm³/mol. The van der Waals surface area contributed by atoms with E-state index in [2.05, 4.69) is 62.7 Å². The Hall–Kier alpha value is -1.65. The van der Waals surface area contributed by atoms with E-state index in [9.17, 15) is 0 Å². The van der Waals surface area contributed by atoms with Crippen molar-refractivity contribution in [3.05, 3.63) is 36.0 Å². The lowest BCUT2D eigenvalue weighted by atomic mass is 10.0. The third kappa shape index (κ3) is 4.05. The number of aromatic nitrogens is 1. The van der Waals surface area contributed by atoms with Crippen LogP contribution in [-0.2, 0) is 16.0 Å². The highest BCUT2D eigenvalue weighted by molar-refractivity contribution is 6.03. The van der Waals surface area contributed by atoms with Gasteiger partial charge in [-0.25, -0.2) is 0 Å². The standard InChI is InChI=1S/C20H28N2O2/c1-5-6-17(21-20(2,3)4)15-7-8-18-16(13-15)9-10-22(18)14-19-23-11-12-24-19/h7-10,13,19H,5-6,11-12,14H2,1-4H3/b21-17+. The number of aliphatic imine (C=N–C) groups is 1. The van der Waals surface area contributed by atoms with Crippen molar-refractivity contribution >= 4 is 16.6 Å². The third-order valence-corrected chi connectivity index (χ3v) is 4.10. The summed E-state index contributed by atoms with van der Waals surface area (Å²) in [5.41, 5.74) is 3.58. The molecule has 1 saturated heterocycles. The lowest BCUT2D eigenvalue weighted by Gasteiger charge is -2.16. The van der Waals surface area contributed by atoms with Crippen molar-refractivity contribution in [3.63, 3.8) is 0 Å². The molecule has 0 amide bonds. The van der Waals surface area contributed by atoms with Gasteiger partial charge in [0.15, 0.2) is 6.29 Å². The zero-order valence-electron chi connectivity index (χ0n) is 15.2. The number of hydrogen-bond donors (Lipinski definition) is 0. The summed E-state index contributed by atoms with van der Waals surface area (Å²) in [6.45, 7) is 10.8. The van der Waals surface area contributed by atoms with Gasteiger partial charge in [0.1, 0.15) is 0 Å². The summed E-state index contributed by atoms with van der Waals surface area (Å²) < 4.78 is 13.3. The molecular formula is C20H28N2O2. The quantitative estimate of drug-likeness (QED) is 0.763. The zero-order chi connectivity index (χ0) is 17.2. The molecule has 4 nitrogen and oxygen atoms in total. The Morgan fingerprint density at radius 1 is 1.21 bits per heavy atom. The van der Waals surface area contributed by atoms with Crippen LogP contribution < -0.4 is 0 Å².